The first kappa shape index (κ1) is 21.4. The number of hydrogen-bond acceptors (Lipinski definition) is 5. The summed E-state index contributed by atoms with van der Waals surface area (Å²) in [6.45, 7) is 2.23. The number of thiazole rings is 1. The number of carboxylic acid groups (broad SMARTS) is 1. The highest BCUT2D eigenvalue weighted by Crippen LogP contribution is 2.26. The molecule has 150 valence electrons. The normalized spacial score (nSPS) is 11.6. The number of nitrogens with zero attached hydrogens (tertiary/aromatic N) is 2. The number of unbranched alkanes of at least 4 members (excludes halogenated alkanes) is 1. The molecule has 0 saturated heterocycles. The number of guanidine groups is 1. The van der Waals surface area contributed by atoms with Gasteiger partial charge < -0.3 is 21.9 Å². The Morgan fingerprint density at radius 3 is 2.61 bits per heavy atom. The molecule has 0 saturated carbocycles. The molecule has 1 heterocycles. The number of rotatable bonds is 10. The van der Waals surface area contributed by atoms with Crippen LogP contribution >= 0.6 is 11.3 Å². The van der Waals surface area contributed by atoms with Crippen LogP contribution in [-0.4, -0.2) is 34.5 Å². The molecule has 0 unspecified atom stereocenters. The molecule has 0 aliphatic carbocycles. The van der Waals surface area contributed by atoms with E-state index in [-0.39, 0.29) is 24.2 Å². The first-order chi connectivity index (χ1) is 13.4. The zero-order valence-electron chi connectivity index (χ0n) is 15.7. The predicted octanol–water partition coefficient (Wildman–Crippen LogP) is 2.52. The van der Waals surface area contributed by atoms with Crippen LogP contribution in [0.4, 0.5) is 5.13 Å². The van der Waals surface area contributed by atoms with Gasteiger partial charge in [-0.15, -0.1) is 0 Å². The summed E-state index contributed by atoms with van der Waals surface area (Å²) in [6.07, 6.45) is 2.42. The van der Waals surface area contributed by atoms with Crippen molar-refractivity contribution in [3.05, 3.63) is 46.5 Å². The van der Waals surface area contributed by atoms with Gasteiger partial charge in [0.15, 0.2) is 5.96 Å². The Morgan fingerprint density at radius 1 is 1.25 bits per heavy atom. The maximum atomic E-state index is 12.3. The van der Waals surface area contributed by atoms with Gasteiger partial charge >= 0.3 is 5.97 Å². The second-order valence-corrected chi connectivity index (χ2v) is 7.38. The van der Waals surface area contributed by atoms with E-state index in [1.807, 2.05) is 30.3 Å². The van der Waals surface area contributed by atoms with Gasteiger partial charge in [0, 0.05) is 6.54 Å². The minimum Gasteiger partial charge on any atom is -0.481 e. The summed E-state index contributed by atoms with van der Waals surface area (Å²) in [5, 5.41) is 12.4. The number of hydrogen-bond donors (Lipinski definition) is 4. The summed E-state index contributed by atoms with van der Waals surface area (Å²) in [5.41, 5.74) is 12.3. The van der Waals surface area contributed by atoms with E-state index in [2.05, 4.69) is 15.3 Å². The Labute approximate surface area is 167 Å². The molecule has 0 spiro atoms. The van der Waals surface area contributed by atoms with Gasteiger partial charge in [0.1, 0.15) is 4.88 Å². The van der Waals surface area contributed by atoms with Crippen molar-refractivity contribution in [3.63, 3.8) is 0 Å². The van der Waals surface area contributed by atoms with Crippen LogP contribution in [0.15, 0.2) is 35.3 Å². The van der Waals surface area contributed by atoms with Crippen molar-refractivity contribution in [2.24, 2.45) is 16.5 Å². The smallest absolute Gasteiger partial charge is 0.303 e. The fourth-order valence-corrected chi connectivity index (χ4v) is 3.75. The lowest BCUT2D eigenvalue weighted by molar-refractivity contribution is -0.137. The summed E-state index contributed by atoms with van der Waals surface area (Å²) < 4.78 is 0. The summed E-state index contributed by atoms with van der Waals surface area (Å²) in [5.74, 6) is -1.15. The Kier molecular flexibility index (Phi) is 7.94. The zero-order valence-corrected chi connectivity index (χ0v) is 16.5. The standard InChI is InChI=1S/C19H25N5O3S/c1-12-16(28-19(23-12)24-18(20)21)17(27)22-10-6-5-9-14(11-15(25)26)13-7-3-2-4-8-13/h2-4,7-8,14H,5-6,9-11H2,1H3,(H,22,27)(H,25,26)(H4,20,21,23,24)/t14-/m0/s1. The molecule has 0 fully saturated rings. The van der Waals surface area contributed by atoms with Crippen molar-refractivity contribution < 1.29 is 14.7 Å². The maximum absolute atomic E-state index is 12.3. The van der Waals surface area contributed by atoms with Crippen LogP contribution in [0.2, 0.25) is 0 Å². The lowest BCUT2D eigenvalue weighted by Gasteiger charge is -2.15. The topological polar surface area (TPSA) is 144 Å². The number of aryl methyl sites for hydroxylation is 1. The van der Waals surface area contributed by atoms with Crippen molar-refractivity contribution in [2.45, 2.75) is 38.5 Å². The predicted molar refractivity (Wildman–Crippen MR) is 110 cm³/mol. The Bertz CT molecular complexity index is 831. The molecule has 9 heteroatoms. The summed E-state index contributed by atoms with van der Waals surface area (Å²) >= 11 is 1.13. The number of nitrogens with two attached hydrogens (primary N) is 2. The number of carbonyl (C=O) groups is 2. The number of aliphatic imine (C=N–C) groups is 1. The van der Waals surface area contributed by atoms with Crippen LogP contribution < -0.4 is 16.8 Å². The lowest BCUT2D eigenvalue weighted by Crippen LogP contribution is -2.24. The van der Waals surface area contributed by atoms with Crippen molar-refractivity contribution in [1.82, 2.24) is 10.3 Å². The van der Waals surface area contributed by atoms with Gasteiger partial charge in [-0.2, -0.15) is 4.99 Å². The van der Waals surface area contributed by atoms with Crippen LogP contribution in [0.25, 0.3) is 0 Å². The number of aromatic nitrogens is 1. The largest absolute Gasteiger partial charge is 0.481 e. The van der Waals surface area contributed by atoms with Gasteiger partial charge in [-0.25, -0.2) is 4.98 Å². The number of benzene rings is 1. The number of carbonyl (C=O) groups excluding carboxylic acids is 1. The molecule has 8 nitrogen and oxygen atoms in total. The number of carboxylic acids is 1. The SMILES string of the molecule is Cc1nc(N=C(N)N)sc1C(=O)NCCCC[C@@H](CC(=O)O)c1ccccc1. The molecule has 0 bridgehead atoms. The van der Waals surface area contributed by atoms with Gasteiger partial charge in [-0.1, -0.05) is 48.1 Å². The quantitative estimate of drug-likeness (QED) is 0.273. The number of nitrogens with one attached hydrogen (secondary N) is 1. The average Bonchev–Trinajstić information content (AvgIpc) is 3.00. The third-order valence-electron chi connectivity index (χ3n) is 4.17. The first-order valence-electron chi connectivity index (χ1n) is 8.98. The minimum atomic E-state index is -0.806. The third kappa shape index (κ3) is 6.66. The van der Waals surface area contributed by atoms with Gasteiger partial charge in [0.05, 0.1) is 12.1 Å². The molecule has 1 amide bonds. The summed E-state index contributed by atoms with van der Waals surface area (Å²) in [6, 6.07) is 9.65. The van der Waals surface area contributed by atoms with Crippen LogP contribution in [0, 0.1) is 6.92 Å². The van der Waals surface area contributed by atoms with Gasteiger partial charge in [0.25, 0.3) is 5.91 Å². The molecule has 0 radical (unpaired) electrons. The van der Waals surface area contributed by atoms with E-state index in [0.717, 1.165) is 36.2 Å². The molecular weight excluding hydrogens is 378 g/mol. The van der Waals surface area contributed by atoms with Crippen molar-refractivity contribution in [1.29, 1.82) is 0 Å². The molecule has 2 rings (SSSR count). The fraction of sp³-hybridized carbons (Fsp3) is 0.368. The molecule has 1 aromatic carbocycles. The van der Waals surface area contributed by atoms with E-state index in [9.17, 15) is 9.59 Å². The highest BCUT2D eigenvalue weighted by atomic mass is 32.1. The Morgan fingerprint density at radius 2 is 1.96 bits per heavy atom. The van der Waals surface area contributed by atoms with E-state index in [1.165, 1.54) is 0 Å². The Balaban J connectivity index is 1.81. The molecule has 28 heavy (non-hydrogen) atoms. The second-order valence-electron chi connectivity index (χ2n) is 6.40. The van der Waals surface area contributed by atoms with Gasteiger partial charge in [-0.3, -0.25) is 9.59 Å². The van der Waals surface area contributed by atoms with Gasteiger partial charge in [-0.05, 0) is 31.2 Å². The molecule has 0 aliphatic heterocycles. The third-order valence-corrected chi connectivity index (χ3v) is 5.22. The molecular formula is C19H25N5O3S. The van der Waals surface area contributed by atoms with Crippen molar-refractivity contribution in [3.8, 4) is 0 Å². The highest BCUT2D eigenvalue weighted by Gasteiger charge is 2.16. The highest BCUT2D eigenvalue weighted by molar-refractivity contribution is 7.17. The van der Waals surface area contributed by atoms with E-state index < -0.39 is 5.97 Å². The Hall–Kier alpha value is -2.94. The minimum absolute atomic E-state index is 0.0275. The van der Waals surface area contributed by atoms with Crippen LogP contribution in [0.3, 0.4) is 0 Å². The van der Waals surface area contributed by atoms with Crippen LogP contribution in [-0.2, 0) is 4.79 Å². The molecule has 6 N–H and O–H groups in total. The molecule has 0 aliphatic rings. The lowest BCUT2D eigenvalue weighted by atomic mass is 9.90. The van der Waals surface area contributed by atoms with E-state index in [4.69, 9.17) is 16.6 Å². The molecule has 1 aromatic heterocycles. The van der Waals surface area contributed by atoms with Crippen LogP contribution in [0.5, 0.6) is 0 Å². The molecule has 1 atom stereocenters. The summed E-state index contributed by atoms with van der Waals surface area (Å²) in [4.78, 5) is 31.9. The van der Waals surface area contributed by atoms with Crippen LogP contribution in [0.1, 0.15) is 52.5 Å². The maximum Gasteiger partial charge on any atom is 0.303 e. The van der Waals surface area contributed by atoms with Crippen molar-refractivity contribution >= 4 is 34.3 Å². The zero-order chi connectivity index (χ0) is 20.5. The van der Waals surface area contributed by atoms with Crippen molar-refractivity contribution in [2.75, 3.05) is 6.54 Å². The monoisotopic (exact) mass is 403 g/mol. The van der Waals surface area contributed by atoms with E-state index >= 15 is 0 Å². The first-order valence-corrected chi connectivity index (χ1v) is 9.80. The van der Waals surface area contributed by atoms with Gasteiger partial charge in [0.2, 0.25) is 5.13 Å². The summed E-state index contributed by atoms with van der Waals surface area (Å²) in [7, 11) is 0. The second kappa shape index (κ2) is 10.4. The fourth-order valence-electron chi connectivity index (χ4n) is 2.87. The molecule has 2 aromatic rings. The number of amides is 1. The van der Waals surface area contributed by atoms with E-state index in [1.54, 1.807) is 6.92 Å². The average molecular weight is 404 g/mol. The van der Waals surface area contributed by atoms with E-state index in [0.29, 0.717) is 22.2 Å². The number of aliphatic carboxylic acids is 1.